The Hall–Kier alpha value is 0.0969. The van der Waals surface area contributed by atoms with E-state index >= 15 is 0 Å². The molecule has 0 amide bonds. The van der Waals surface area contributed by atoms with Gasteiger partial charge in [0.15, 0.2) is 0 Å². The third-order valence-corrected chi connectivity index (χ3v) is 8.80. The van der Waals surface area contributed by atoms with E-state index in [-0.39, 0.29) is 12.2 Å². The van der Waals surface area contributed by atoms with E-state index in [1.807, 2.05) is 0 Å². The molecule has 0 aromatic heterocycles. The van der Waals surface area contributed by atoms with Crippen LogP contribution in [0.1, 0.15) is 60.3 Å². The van der Waals surface area contributed by atoms with Gasteiger partial charge in [0.1, 0.15) is 0 Å². The highest BCUT2D eigenvalue weighted by molar-refractivity contribution is 6.69. The molecule has 2 fully saturated rings. The summed E-state index contributed by atoms with van der Waals surface area (Å²) in [7, 11) is -2.12. The smallest absolute Gasteiger partial charge is 0.341 e. The molecule has 0 radical (unpaired) electrons. The van der Waals surface area contributed by atoms with Crippen LogP contribution < -0.4 is 0 Å². The highest BCUT2D eigenvalue weighted by atomic mass is 28.4. The molecule has 0 aromatic carbocycles. The van der Waals surface area contributed by atoms with Crippen molar-refractivity contribution >= 4 is 8.56 Å². The molecular weight excluding hydrogens is 256 g/mol. The van der Waals surface area contributed by atoms with Crippen molar-refractivity contribution in [2.24, 2.45) is 0 Å². The maximum absolute atomic E-state index is 6.46. The van der Waals surface area contributed by atoms with Crippen molar-refractivity contribution in [3.05, 3.63) is 0 Å². The van der Waals surface area contributed by atoms with Gasteiger partial charge in [0.05, 0.1) is 12.2 Å². The lowest BCUT2D eigenvalue weighted by atomic mass is 10.0. The van der Waals surface area contributed by atoms with E-state index in [4.69, 9.17) is 13.6 Å². The van der Waals surface area contributed by atoms with Crippen molar-refractivity contribution in [1.29, 1.82) is 0 Å². The average Bonchev–Trinajstić information content (AvgIpc) is 3.04. The molecule has 112 valence electrons. The zero-order valence-electron chi connectivity index (χ0n) is 13.1. The molecule has 0 spiro atoms. The minimum atomic E-state index is -2.12. The SMILES string of the molecule is CCC[Si](OC(C)C)(OC(C)C)C1CCC2OC2C1. The summed E-state index contributed by atoms with van der Waals surface area (Å²) in [5.74, 6) is 0. The Balaban J connectivity index is 2.12. The molecule has 1 heterocycles. The summed E-state index contributed by atoms with van der Waals surface area (Å²) in [4.78, 5) is 0. The third-order valence-electron chi connectivity index (χ3n) is 4.09. The Kier molecular flexibility index (Phi) is 5.09. The van der Waals surface area contributed by atoms with Crippen molar-refractivity contribution in [2.75, 3.05) is 0 Å². The topological polar surface area (TPSA) is 31.0 Å². The van der Waals surface area contributed by atoms with Crippen LogP contribution in [0.25, 0.3) is 0 Å². The molecule has 3 atom stereocenters. The Morgan fingerprint density at radius 1 is 1.05 bits per heavy atom. The molecule has 3 unspecified atom stereocenters. The monoisotopic (exact) mass is 286 g/mol. The van der Waals surface area contributed by atoms with Crippen LogP contribution in [-0.2, 0) is 13.6 Å². The third kappa shape index (κ3) is 3.81. The first-order valence-electron chi connectivity index (χ1n) is 7.98. The molecule has 0 aromatic rings. The Morgan fingerprint density at radius 2 is 1.68 bits per heavy atom. The first-order chi connectivity index (χ1) is 8.97. The zero-order valence-corrected chi connectivity index (χ0v) is 14.1. The fraction of sp³-hybridized carbons (Fsp3) is 1.00. The molecule has 1 aliphatic heterocycles. The molecule has 19 heavy (non-hydrogen) atoms. The molecule has 0 bridgehead atoms. The fourth-order valence-corrected chi connectivity index (χ4v) is 8.07. The van der Waals surface area contributed by atoms with Gasteiger partial charge in [-0.1, -0.05) is 13.3 Å². The van der Waals surface area contributed by atoms with Gasteiger partial charge in [-0.25, -0.2) is 0 Å². The number of rotatable bonds is 7. The van der Waals surface area contributed by atoms with Gasteiger partial charge < -0.3 is 13.6 Å². The van der Waals surface area contributed by atoms with Gasteiger partial charge >= 0.3 is 8.56 Å². The van der Waals surface area contributed by atoms with Gasteiger partial charge in [0.25, 0.3) is 0 Å². The van der Waals surface area contributed by atoms with Crippen molar-refractivity contribution in [2.45, 2.75) is 96.3 Å². The van der Waals surface area contributed by atoms with E-state index in [2.05, 4.69) is 34.6 Å². The van der Waals surface area contributed by atoms with Crippen LogP contribution >= 0.6 is 0 Å². The Morgan fingerprint density at radius 3 is 2.16 bits per heavy atom. The summed E-state index contributed by atoms with van der Waals surface area (Å²) >= 11 is 0. The molecule has 2 aliphatic rings. The van der Waals surface area contributed by atoms with Crippen LogP contribution in [0.5, 0.6) is 0 Å². The number of hydrogen-bond acceptors (Lipinski definition) is 3. The van der Waals surface area contributed by atoms with Crippen LogP contribution in [-0.4, -0.2) is 33.0 Å². The summed E-state index contributed by atoms with van der Waals surface area (Å²) in [6.45, 7) is 10.8. The molecule has 0 N–H and O–H groups in total. The van der Waals surface area contributed by atoms with E-state index in [1.165, 1.54) is 12.8 Å². The summed E-state index contributed by atoms with van der Waals surface area (Å²) in [6, 6.07) is 1.12. The van der Waals surface area contributed by atoms with Gasteiger partial charge in [0.2, 0.25) is 0 Å². The first kappa shape index (κ1) is 15.5. The number of fused-ring (bicyclic) bond motifs is 1. The predicted octanol–water partition coefficient (Wildman–Crippen LogP) is 4.01. The van der Waals surface area contributed by atoms with E-state index in [9.17, 15) is 0 Å². The average molecular weight is 286 g/mol. The molecule has 4 heteroatoms. The van der Waals surface area contributed by atoms with E-state index in [0.29, 0.717) is 17.7 Å². The molecule has 1 saturated carbocycles. The summed E-state index contributed by atoms with van der Waals surface area (Å²) in [5.41, 5.74) is 0.612. The zero-order chi connectivity index (χ0) is 14.0. The first-order valence-corrected chi connectivity index (χ1v) is 10.1. The minimum Gasteiger partial charge on any atom is -0.392 e. The van der Waals surface area contributed by atoms with Crippen molar-refractivity contribution in [1.82, 2.24) is 0 Å². The summed E-state index contributed by atoms with van der Waals surface area (Å²) in [6.07, 6.45) is 6.33. The van der Waals surface area contributed by atoms with Gasteiger partial charge in [0, 0.05) is 17.7 Å². The molecule has 1 saturated heterocycles. The van der Waals surface area contributed by atoms with Crippen molar-refractivity contribution in [3.8, 4) is 0 Å². The van der Waals surface area contributed by atoms with Gasteiger partial charge in [-0.2, -0.15) is 0 Å². The van der Waals surface area contributed by atoms with E-state index < -0.39 is 8.56 Å². The Bertz CT molecular complexity index is 283. The maximum Gasteiger partial charge on any atom is 0.341 e. The van der Waals surface area contributed by atoms with Crippen LogP contribution in [0.4, 0.5) is 0 Å². The number of hydrogen-bond donors (Lipinski definition) is 0. The Labute approximate surface area is 119 Å². The maximum atomic E-state index is 6.46. The van der Waals surface area contributed by atoms with Gasteiger partial charge in [-0.3, -0.25) is 0 Å². The molecule has 3 nitrogen and oxygen atoms in total. The lowest BCUT2D eigenvalue weighted by molar-refractivity contribution is 0.0924. The second-order valence-electron chi connectivity index (χ2n) is 6.62. The molecule has 1 aliphatic carbocycles. The van der Waals surface area contributed by atoms with Crippen LogP contribution in [0.2, 0.25) is 11.6 Å². The van der Waals surface area contributed by atoms with Crippen molar-refractivity contribution in [3.63, 3.8) is 0 Å². The molecule has 2 rings (SSSR count). The quantitative estimate of drug-likeness (QED) is 0.523. The largest absolute Gasteiger partial charge is 0.392 e. The van der Waals surface area contributed by atoms with E-state index in [0.717, 1.165) is 18.9 Å². The van der Waals surface area contributed by atoms with Gasteiger partial charge in [-0.15, -0.1) is 0 Å². The van der Waals surface area contributed by atoms with Crippen LogP contribution in [0, 0.1) is 0 Å². The normalized spacial score (nSPS) is 30.8. The number of ether oxygens (including phenoxy) is 1. The predicted molar refractivity (Wildman–Crippen MR) is 79.6 cm³/mol. The second-order valence-corrected chi connectivity index (χ2v) is 10.0. The summed E-state index contributed by atoms with van der Waals surface area (Å²) < 4.78 is 18.6. The van der Waals surface area contributed by atoms with Crippen molar-refractivity contribution < 1.29 is 13.6 Å². The highest BCUT2D eigenvalue weighted by Gasteiger charge is 2.54. The lowest BCUT2D eigenvalue weighted by Gasteiger charge is -2.41. The van der Waals surface area contributed by atoms with Crippen LogP contribution in [0.3, 0.4) is 0 Å². The van der Waals surface area contributed by atoms with E-state index in [1.54, 1.807) is 0 Å². The van der Waals surface area contributed by atoms with Gasteiger partial charge in [-0.05, 0) is 53.0 Å². The van der Waals surface area contributed by atoms with Crippen LogP contribution in [0.15, 0.2) is 0 Å². The lowest BCUT2D eigenvalue weighted by Crippen LogP contribution is -2.51. The highest BCUT2D eigenvalue weighted by Crippen LogP contribution is 2.48. The second kappa shape index (κ2) is 6.25. The number of epoxide rings is 1. The fourth-order valence-electron chi connectivity index (χ4n) is 3.49. The summed E-state index contributed by atoms with van der Waals surface area (Å²) in [5, 5.41) is 0. The standard InChI is InChI=1S/C15H30O3Si/c1-6-9-19(17-11(2)3,18-12(4)5)13-7-8-14-15(10-13)16-14/h11-15H,6-10H2,1-5H3. The minimum absolute atomic E-state index is 0.259. The molecular formula is C15H30O3Si.